The van der Waals surface area contributed by atoms with Gasteiger partial charge in [0.25, 0.3) is 5.56 Å². The monoisotopic (exact) mass is 287 g/mol. The van der Waals surface area contributed by atoms with Crippen molar-refractivity contribution in [1.82, 2.24) is 15.1 Å². The van der Waals surface area contributed by atoms with E-state index in [0.717, 1.165) is 16.0 Å². The highest BCUT2D eigenvalue weighted by Crippen LogP contribution is 2.12. The Hall–Kier alpha value is -2.63. The first kappa shape index (κ1) is 14.8. The molecule has 6 nitrogen and oxygen atoms in total. The van der Waals surface area contributed by atoms with Crippen molar-refractivity contribution in [3.63, 3.8) is 0 Å². The summed E-state index contributed by atoms with van der Waals surface area (Å²) in [5.74, 6) is 0.553. The van der Waals surface area contributed by atoms with Crippen LogP contribution in [0.2, 0.25) is 0 Å². The number of hydrogen-bond acceptors (Lipinski definition) is 4. The number of methoxy groups -OCH3 is 1. The van der Waals surface area contributed by atoms with Gasteiger partial charge in [-0.25, -0.2) is 4.68 Å². The Balaban J connectivity index is 1.82. The molecule has 0 bridgehead atoms. The number of aromatic nitrogens is 2. The lowest BCUT2D eigenvalue weighted by Gasteiger charge is -2.07. The summed E-state index contributed by atoms with van der Waals surface area (Å²) < 4.78 is 6.27. The number of carbonyl (C=O) groups excluding carboxylic acids is 1. The van der Waals surface area contributed by atoms with Crippen LogP contribution in [0.3, 0.4) is 0 Å². The summed E-state index contributed by atoms with van der Waals surface area (Å²) >= 11 is 0. The van der Waals surface area contributed by atoms with Crippen LogP contribution in [0, 0.1) is 0 Å². The van der Waals surface area contributed by atoms with Crippen LogP contribution in [0.5, 0.6) is 5.75 Å². The van der Waals surface area contributed by atoms with E-state index in [1.807, 2.05) is 24.3 Å². The zero-order valence-corrected chi connectivity index (χ0v) is 11.8. The van der Waals surface area contributed by atoms with Crippen LogP contribution < -0.4 is 15.6 Å². The van der Waals surface area contributed by atoms with Crippen molar-refractivity contribution < 1.29 is 9.53 Å². The zero-order valence-electron chi connectivity index (χ0n) is 11.8. The molecule has 0 unspecified atom stereocenters. The molecule has 1 N–H and O–H groups in total. The molecule has 2 aromatic rings. The van der Waals surface area contributed by atoms with Gasteiger partial charge in [0.2, 0.25) is 5.91 Å². The molecule has 0 atom stereocenters. The molecule has 0 radical (unpaired) electrons. The van der Waals surface area contributed by atoms with Crippen molar-refractivity contribution in [1.29, 1.82) is 0 Å². The van der Waals surface area contributed by atoms with E-state index in [1.165, 1.54) is 12.3 Å². The summed E-state index contributed by atoms with van der Waals surface area (Å²) in [5.41, 5.74) is 0.782. The largest absolute Gasteiger partial charge is 0.497 e. The smallest absolute Gasteiger partial charge is 0.267 e. The molecular formula is C15H17N3O3. The van der Waals surface area contributed by atoms with Crippen LogP contribution in [0.1, 0.15) is 5.56 Å². The second kappa shape index (κ2) is 7.23. The van der Waals surface area contributed by atoms with Crippen molar-refractivity contribution >= 4 is 5.91 Å². The van der Waals surface area contributed by atoms with Crippen LogP contribution in [-0.2, 0) is 17.8 Å². The summed E-state index contributed by atoms with van der Waals surface area (Å²) in [5, 5.41) is 6.60. The molecule has 0 saturated carbocycles. The van der Waals surface area contributed by atoms with Gasteiger partial charge in [-0.15, -0.1) is 0 Å². The minimum Gasteiger partial charge on any atom is -0.497 e. The Labute approximate surface area is 122 Å². The predicted octanol–water partition coefficient (Wildman–Crippen LogP) is 0.611. The van der Waals surface area contributed by atoms with Gasteiger partial charge in [0.1, 0.15) is 12.3 Å². The molecule has 1 amide bonds. The van der Waals surface area contributed by atoms with Crippen LogP contribution in [0.4, 0.5) is 0 Å². The number of benzene rings is 1. The summed E-state index contributed by atoms with van der Waals surface area (Å²) in [7, 11) is 1.62. The van der Waals surface area contributed by atoms with Crippen molar-refractivity contribution in [2.75, 3.05) is 13.7 Å². The van der Waals surface area contributed by atoms with E-state index in [0.29, 0.717) is 13.0 Å². The maximum absolute atomic E-state index is 11.7. The second-order valence-electron chi connectivity index (χ2n) is 4.47. The number of hydrogen-bond donors (Lipinski definition) is 1. The predicted molar refractivity (Wildman–Crippen MR) is 78.2 cm³/mol. The molecule has 1 aromatic heterocycles. The van der Waals surface area contributed by atoms with E-state index < -0.39 is 0 Å². The SMILES string of the molecule is COc1cccc(CCNC(=O)Cn2ncccc2=O)c1. The Kier molecular flexibility index (Phi) is 5.09. The average molecular weight is 287 g/mol. The fourth-order valence-electron chi connectivity index (χ4n) is 1.87. The lowest BCUT2D eigenvalue weighted by atomic mass is 10.1. The van der Waals surface area contributed by atoms with E-state index in [-0.39, 0.29) is 18.0 Å². The fraction of sp³-hybridized carbons (Fsp3) is 0.267. The minimum atomic E-state index is -0.291. The van der Waals surface area contributed by atoms with E-state index in [9.17, 15) is 9.59 Å². The highest BCUT2D eigenvalue weighted by molar-refractivity contribution is 5.75. The summed E-state index contributed by atoms with van der Waals surface area (Å²) in [6.45, 7) is 0.422. The molecule has 21 heavy (non-hydrogen) atoms. The molecule has 0 aliphatic rings. The lowest BCUT2D eigenvalue weighted by molar-refractivity contribution is -0.121. The van der Waals surface area contributed by atoms with E-state index >= 15 is 0 Å². The van der Waals surface area contributed by atoms with E-state index in [4.69, 9.17) is 4.74 Å². The minimum absolute atomic E-state index is 0.0716. The van der Waals surface area contributed by atoms with Crippen molar-refractivity contribution in [3.8, 4) is 5.75 Å². The van der Waals surface area contributed by atoms with Gasteiger partial charge in [-0.3, -0.25) is 9.59 Å². The fourth-order valence-corrected chi connectivity index (χ4v) is 1.87. The van der Waals surface area contributed by atoms with Crippen LogP contribution in [0.15, 0.2) is 47.4 Å². The molecule has 1 heterocycles. The standard InChI is InChI=1S/C15H17N3O3/c1-21-13-5-2-4-12(10-13)7-9-16-14(19)11-18-15(20)6-3-8-17-18/h2-6,8,10H,7,9,11H2,1H3,(H,16,19). The van der Waals surface area contributed by atoms with Gasteiger partial charge in [-0.1, -0.05) is 12.1 Å². The van der Waals surface area contributed by atoms with Gasteiger partial charge in [0.05, 0.1) is 7.11 Å². The van der Waals surface area contributed by atoms with Crippen molar-refractivity contribution in [2.45, 2.75) is 13.0 Å². The third kappa shape index (κ3) is 4.45. The first-order valence-corrected chi connectivity index (χ1v) is 6.61. The van der Waals surface area contributed by atoms with E-state index in [2.05, 4.69) is 10.4 Å². The molecule has 110 valence electrons. The maximum Gasteiger partial charge on any atom is 0.267 e. The normalized spacial score (nSPS) is 10.1. The first-order valence-electron chi connectivity index (χ1n) is 6.61. The first-order chi connectivity index (χ1) is 10.2. The molecule has 0 saturated heterocycles. The number of nitrogens with zero attached hydrogens (tertiary/aromatic N) is 2. The second-order valence-corrected chi connectivity index (χ2v) is 4.47. The molecular weight excluding hydrogens is 270 g/mol. The molecule has 0 fully saturated rings. The quantitative estimate of drug-likeness (QED) is 0.845. The van der Waals surface area contributed by atoms with E-state index in [1.54, 1.807) is 13.2 Å². The van der Waals surface area contributed by atoms with Gasteiger partial charge in [-0.05, 0) is 30.2 Å². The highest BCUT2D eigenvalue weighted by Gasteiger charge is 2.04. The Morgan fingerprint density at radius 2 is 2.19 bits per heavy atom. The summed E-state index contributed by atoms with van der Waals surface area (Å²) in [6.07, 6.45) is 2.17. The highest BCUT2D eigenvalue weighted by atomic mass is 16.5. The molecule has 0 aliphatic heterocycles. The number of rotatable bonds is 6. The molecule has 6 heteroatoms. The third-order valence-corrected chi connectivity index (χ3v) is 2.95. The van der Waals surface area contributed by atoms with Gasteiger partial charge >= 0.3 is 0 Å². The maximum atomic E-state index is 11.7. The van der Waals surface area contributed by atoms with Gasteiger partial charge in [0.15, 0.2) is 0 Å². The number of ether oxygens (including phenoxy) is 1. The van der Waals surface area contributed by atoms with Crippen molar-refractivity contribution in [3.05, 3.63) is 58.5 Å². The molecule has 0 spiro atoms. The molecule has 2 rings (SSSR count). The van der Waals surface area contributed by atoms with Crippen LogP contribution in [-0.4, -0.2) is 29.3 Å². The number of amides is 1. The number of nitrogens with one attached hydrogen (secondary N) is 1. The Morgan fingerprint density at radius 3 is 2.95 bits per heavy atom. The third-order valence-electron chi connectivity index (χ3n) is 2.95. The molecule has 1 aromatic carbocycles. The van der Waals surface area contributed by atoms with Gasteiger partial charge < -0.3 is 10.1 Å². The van der Waals surface area contributed by atoms with Gasteiger partial charge in [0, 0.05) is 18.8 Å². The van der Waals surface area contributed by atoms with Crippen molar-refractivity contribution in [2.24, 2.45) is 0 Å². The summed E-state index contributed by atoms with van der Waals surface area (Å²) in [6, 6.07) is 10.6. The average Bonchev–Trinajstić information content (AvgIpc) is 2.50. The lowest BCUT2D eigenvalue weighted by Crippen LogP contribution is -2.34. The van der Waals surface area contributed by atoms with Crippen LogP contribution in [0.25, 0.3) is 0 Å². The Morgan fingerprint density at radius 1 is 1.33 bits per heavy atom. The van der Waals surface area contributed by atoms with Crippen LogP contribution >= 0.6 is 0 Å². The zero-order chi connectivity index (χ0) is 15.1. The summed E-state index contributed by atoms with van der Waals surface area (Å²) in [4.78, 5) is 23.2. The molecule has 0 aliphatic carbocycles. The topological polar surface area (TPSA) is 73.2 Å². The van der Waals surface area contributed by atoms with Gasteiger partial charge in [-0.2, -0.15) is 5.10 Å². The number of carbonyl (C=O) groups is 1. The Bertz CT molecular complexity index is 667.